The molecule has 0 bridgehead atoms. The number of imidazole rings is 1. The van der Waals surface area contributed by atoms with Gasteiger partial charge >= 0.3 is 0 Å². The van der Waals surface area contributed by atoms with E-state index in [4.69, 9.17) is 10.2 Å². The first-order valence-corrected chi connectivity index (χ1v) is 11.6. The molecule has 1 aromatic heterocycles. The number of aromatic nitrogens is 2. The van der Waals surface area contributed by atoms with Crippen molar-refractivity contribution in [3.05, 3.63) is 71.9 Å². The Morgan fingerprint density at radius 2 is 1.91 bits per heavy atom. The lowest BCUT2D eigenvalue weighted by Crippen LogP contribution is -2.41. The van der Waals surface area contributed by atoms with E-state index in [1.807, 2.05) is 36.4 Å². The van der Waals surface area contributed by atoms with Gasteiger partial charge in [0.25, 0.3) is 5.91 Å². The smallest absolute Gasteiger partial charge is 0.267 e. The van der Waals surface area contributed by atoms with Gasteiger partial charge in [-0.3, -0.25) is 14.9 Å². The Labute approximate surface area is 195 Å². The normalized spacial score (nSPS) is 17.1. The lowest BCUT2D eigenvalue weighted by Gasteiger charge is -2.37. The highest BCUT2D eigenvalue weighted by Crippen LogP contribution is 2.35. The fourth-order valence-electron chi connectivity index (χ4n) is 4.69. The molecule has 1 atom stereocenters. The fourth-order valence-corrected chi connectivity index (χ4v) is 4.69. The lowest BCUT2D eigenvalue weighted by molar-refractivity contribution is -0.124. The van der Waals surface area contributed by atoms with Crippen molar-refractivity contribution in [2.75, 3.05) is 13.1 Å². The topological polar surface area (TPSA) is 70.4 Å². The van der Waals surface area contributed by atoms with Crippen LogP contribution < -0.4 is 5.48 Å². The van der Waals surface area contributed by atoms with Gasteiger partial charge in [0.2, 0.25) is 0 Å². The van der Waals surface area contributed by atoms with E-state index < -0.39 is 5.91 Å². The predicted molar refractivity (Wildman–Crippen MR) is 132 cm³/mol. The highest BCUT2D eigenvalue weighted by Gasteiger charge is 2.28. The van der Waals surface area contributed by atoms with Crippen LogP contribution in [0.5, 0.6) is 0 Å². The van der Waals surface area contributed by atoms with Crippen LogP contribution >= 0.6 is 0 Å². The van der Waals surface area contributed by atoms with Crippen LogP contribution in [-0.2, 0) is 4.79 Å². The van der Waals surface area contributed by atoms with Crippen LogP contribution in [-0.4, -0.2) is 44.7 Å². The summed E-state index contributed by atoms with van der Waals surface area (Å²) in [6.45, 7) is 8.83. The molecule has 4 rings (SSSR count). The summed E-state index contributed by atoms with van der Waals surface area (Å²) in [6.07, 6.45) is 5.29. The van der Waals surface area contributed by atoms with E-state index in [1.165, 1.54) is 18.2 Å². The van der Waals surface area contributed by atoms with E-state index in [1.54, 1.807) is 11.6 Å². The first-order valence-electron chi connectivity index (χ1n) is 11.6. The molecule has 0 saturated carbocycles. The molecule has 6 nitrogen and oxygen atoms in total. The SMILES string of the molecule is Cc1c(-c2ccccc2)nc(-c2cccc(C=CC(=O)NO)c2)n1C1CCCN(C(C)C)C1. The third kappa shape index (κ3) is 5.07. The number of likely N-dealkylation sites (tertiary alicyclic amines) is 1. The van der Waals surface area contributed by atoms with Crippen molar-refractivity contribution >= 4 is 12.0 Å². The monoisotopic (exact) mass is 444 g/mol. The third-order valence-electron chi connectivity index (χ3n) is 6.40. The van der Waals surface area contributed by atoms with Gasteiger partial charge in [0.15, 0.2) is 0 Å². The third-order valence-corrected chi connectivity index (χ3v) is 6.40. The van der Waals surface area contributed by atoms with E-state index >= 15 is 0 Å². The van der Waals surface area contributed by atoms with Crippen LogP contribution in [0.15, 0.2) is 60.7 Å². The van der Waals surface area contributed by atoms with Crippen LogP contribution in [0.4, 0.5) is 0 Å². The molecule has 1 amide bonds. The minimum absolute atomic E-state index is 0.348. The Morgan fingerprint density at radius 3 is 2.64 bits per heavy atom. The fraction of sp³-hybridized carbons (Fsp3) is 0.333. The van der Waals surface area contributed by atoms with Crippen LogP contribution in [0.3, 0.4) is 0 Å². The second-order valence-corrected chi connectivity index (χ2v) is 8.93. The molecule has 0 aliphatic carbocycles. The van der Waals surface area contributed by atoms with Gasteiger partial charge in [-0.25, -0.2) is 10.5 Å². The zero-order valence-electron chi connectivity index (χ0n) is 19.5. The van der Waals surface area contributed by atoms with Gasteiger partial charge in [0, 0.05) is 41.5 Å². The number of rotatable bonds is 6. The summed E-state index contributed by atoms with van der Waals surface area (Å²) >= 11 is 0. The van der Waals surface area contributed by atoms with E-state index in [0.29, 0.717) is 12.1 Å². The summed E-state index contributed by atoms with van der Waals surface area (Å²) in [5.41, 5.74) is 6.80. The number of benzene rings is 2. The maximum Gasteiger partial charge on any atom is 0.267 e. The average molecular weight is 445 g/mol. The average Bonchev–Trinajstić information content (AvgIpc) is 3.20. The van der Waals surface area contributed by atoms with Crippen molar-refractivity contribution in [3.63, 3.8) is 0 Å². The van der Waals surface area contributed by atoms with Crippen molar-refractivity contribution in [1.82, 2.24) is 19.9 Å². The van der Waals surface area contributed by atoms with Crippen LogP contribution in [0.1, 0.15) is 44.0 Å². The zero-order valence-corrected chi connectivity index (χ0v) is 19.5. The molecular formula is C27H32N4O2. The van der Waals surface area contributed by atoms with Gasteiger partial charge < -0.3 is 4.57 Å². The number of amides is 1. The Kier molecular flexibility index (Phi) is 7.06. The van der Waals surface area contributed by atoms with E-state index in [9.17, 15) is 4.79 Å². The van der Waals surface area contributed by atoms with Crippen LogP contribution in [0, 0.1) is 6.92 Å². The van der Waals surface area contributed by atoms with Gasteiger partial charge in [-0.2, -0.15) is 0 Å². The number of hydrogen-bond acceptors (Lipinski definition) is 4. The van der Waals surface area contributed by atoms with Crippen molar-refractivity contribution in [3.8, 4) is 22.6 Å². The van der Waals surface area contributed by atoms with Crippen LogP contribution in [0.25, 0.3) is 28.7 Å². The molecule has 2 N–H and O–H groups in total. The Morgan fingerprint density at radius 1 is 1.15 bits per heavy atom. The molecule has 2 heterocycles. The second-order valence-electron chi connectivity index (χ2n) is 8.93. The molecule has 1 saturated heterocycles. The zero-order chi connectivity index (χ0) is 23.4. The maximum absolute atomic E-state index is 11.4. The molecule has 6 heteroatoms. The van der Waals surface area contributed by atoms with Gasteiger partial charge in [0.1, 0.15) is 5.82 Å². The van der Waals surface area contributed by atoms with Gasteiger partial charge in [-0.1, -0.05) is 48.5 Å². The van der Waals surface area contributed by atoms with E-state index in [2.05, 4.69) is 48.4 Å². The Balaban J connectivity index is 1.80. The number of carbonyl (C=O) groups excluding carboxylic acids is 1. The number of hydrogen-bond donors (Lipinski definition) is 2. The highest BCUT2D eigenvalue weighted by atomic mass is 16.5. The first-order chi connectivity index (χ1) is 16.0. The van der Waals surface area contributed by atoms with Crippen molar-refractivity contribution in [2.24, 2.45) is 0 Å². The summed E-state index contributed by atoms with van der Waals surface area (Å²) < 4.78 is 2.42. The van der Waals surface area contributed by atoms with Gasteiger partial charge in [-0.05, 0) is 57.9 Å². The van der Waals surface area contributed by atoms with Crippen molar-refractivity contribution in [1.29, 1.82) is 0 Å². The summed E-state index contributed by atoms with van der Waals surface area (Å²) in [7, 11) is 0. The minimum atomic E-state index is -0.555. The Bertz CT molecular complexity index is 1130. The number of carbonyl (C=O) groups is 1. The highest BCUT2D eigenvalue weighted by molar-refractivity contribution is 5.91. The first kappa shape index (κ1) is 23.0. The van der Waals surface area contributed by atoms with Gasteiger partial charge in [-0.15, -0.1) is 0 Å². The van der Waals surface area contributed by atoms with Crippen molar-refractivity contribution < 1.29 is 10.0 Å². The summed E-state index contributed by atoms with van der Waals surface area (Å²) in [4.78, 5) is 19.1. The van der Waals surface area contributed by atoms with E-state index in [0.717, 1.165) is 47.7 Å². The quantitative estimate of drug-likeness (QED) is 0.316. The summed E-state index contributed by atoms with van der Waals surface area (Å²) in [5, 5.41) is 8.76. The second kappa shape index (κ2) is 10.1. The maximum atomic E-state index is 11.4. The van der Waals surface area contributed by atoms with Crippen LogP contribution in [0.2, 0.25) is 0 Å². The number of hydroxylamine groups is 1. The molecule has 3 aromatic rings. The largest absolute Gasteiger partial charge is 0.323 e. The standard InChI is InChI=1S/C27H32N4O2/c1-19(2)30-16-8-13-24(18-30)31-20(3)26(22-10-5-4-6-11-22)28-27(31)23-12-7-9-21(17-23)14-15-25(32)29-33/h4-7,9-12,14-15,17,19,24,33H,8,13,16,18H2,1-3H3,(H,29,32). The van der Waals surface area contributed by atoms with E-state index in [-0.39, 0.29) is 0 Å². The summed E-state index contributed by atoms with van der Waals surface area (Å²) in [5.74, 6) is 0.393. The molecule has 1 unspecified atom stereocenters. The molecule has 0 spiro atoms. The molecule has 0 radical (unpaired) electrons. The number of piperidine rings is 1. The lowest BCUT2D eigenvalue weighted by atomic mass is 10.0. The molecule has 1 aliphatic rings. The molecular weight excluding hydrogens is 412 g/mol. The molecule has 33 heavy (non-hydrogen) atoms. The summed E-state index contributed by atoms with van der Waals surface area (Å²) in [6, 6.07) is 19.2. The number of nitrogens with one attached hydrogen (secondary N) is 1. The minimum Gasteiger partial charge on any atom is -0.323 e. The number of nitrogens with zero attached hydrogens (tertiary/aromatic N) is 3. The molecule has 1 fully saturated rings. The van der Waals surface area contributed by atoms with Crippen molar-refractivity contribution in [2.45, 2.75) is 45.7 Å². The predicted octanol–water partition coefficient (Wildman–Crippen LogP) is 5.09. The molecule has 1 aliphatic heterocycles. The Hall–Kier alpha value is -3.22. The molecule has 172 valence electrons. The van der Waals surface area contributed by atoms with Gasteiger partial charge in [0.05, 0.1) is 5.69 Å². The molecule has 2 aromatic carbocycles.